The van der Waals surface area contributed by atoms with Crippen molar-refractivity contribution in [2.45, 2.75) is 24.8 Å². The summed E-state index contributed by atoms with van der Waals surface area (Å²) in [5.74, 6) is 0.201. The predicted octanol–water partition coefficient (Wildman–Crippen LogP) is 1.12. The van der Waals surface area contributed by atoms with Crippen LogP contribution in [-0.4, -0.2) is 29.7 Å². The van der Waals surface area contributed by atoms with Crippen molar-refractivity contribution < 1.29 is 8.42 Å². The molecular formula is C13H19N5O2S. The first-order chi connectivity index (χ1) is 10.0. The average Bonchev–Trinajstić information content (AvgIpc) is 2.82. The lowest BCUT2D eigenvalue weighted by atomic mass is 10.4. The SMILES string of the molecule is CCCNCc1cc(S(=O)(=O)Nc2cccnn2)cn1C. The fraction of sp³-hybridized carbons (Fsp3) is 0.385. The van der Waals surface area contributed by atoms with Crippen LogP contribution in [0.5, 0.6) is 0 Å². The van der Waals surface area contributed by atoms with E-state index in [-0.39, 0.29) is 10.7 Å². The summed E-state index contributed by atoms with van der Waals surface area (Å²) in [7, 11) is -1.82. The van der Waals surface area contributed by atoms with Crippen LogP contribution in [0, 0.1) is 0 Å². The fourth-order valence-corrected chi connectivity index (χ4v) is 2.94. The lowest BCUT2D eigenvalue weighted by Gasteiger charge is -2.03. The molecule has 0 saturated carbocycles. The highest BCUT2D eigenvalue weighted by Gasteiger charge is 2.18. The van der Waals surface area contributed by atoms with E-state index in [1.165, 1.54) is 6.20 Å². The summed E-state index contributed by atoms with van der Waals surface area (Å²) >= 11 is 0. The van der Waals surface area contributed by atoms with E-state index in [4.69, 9.17) is 0 Å². The van der Waals surface area contributed by atoms with Crippen LogP contribution in [0.15, 0.2) is 35.5 Å². The molecule has 0 aliphatic carbocycles. The first kappa shape index (κ1) is 15.5. The third-order valence-corrected chi connectivity index (χ3v) is 4.26. The second-order valence-corrected chi connectivity index (χ2v) is 6.35. The van der Waals surface area contributed by atoms with Crippen molar-refractivity contribution in [2.24, 2.45) is 7.05 Å². The minimum atomic E-state index is -3.65. The zero-order valence-electron chi connectivity index (χ0n) is 12.1. The van der Waals surface area contributed by atoms with Gasteiger partial charge >= 0.3 is 0 Å². The Morgan fingerprint density at radius 1 is 1.38 bits per heavy atom. The minimum Gasteiger partial charge on any atom is -0.352 e. The molecule has 0 saturated heterocycles. The molecule has 0 atom stereocenters. The van der Waals surface area contributed by atoms with Gasteiger partial charge in [-0.3, -0.25) is 4.72 Å². The third-order valence-electron chi connectivity index (χ3n) is 2.94. The Balaban J connectivity index is 2.15. The maximum absolute atomic E-state index is 12.3. The Kier molecular flexibility index (Phi) is 4.92. The first-order valence-electron chi connectivity index (χ1n) is 6.69. The van der Waals surface area contributed by atoms with E-state index in [0.717, 1.165) is 18.7 Å². The Hall–Kier alpha value is -1.93. The monoisotopic (exact) mass is 309 g/mol. The molecule has 21 heavy (non-hydrogen) atoms. The molecule has 2 aromatic heterocycles. The van der Waals surface area contributed by atoms with Gasteiger partial charge in [-0.1, -0.05) is 6.92 Å². The minimum absolute atomic E-state index is 0.201. The molecule has 2 rings (SSSR count). The number of hydrogen-bond acceptors (Lipinski definition) is 5. The van der Waals surface area contributed by atoms with Gasteiger partial charge in [-0.2, -0.15) is 5.10 Å². The van der Waals surface area contributed by atoms with E-state index in [1.807, 2.05) is 7.05 Å². The number of aromatic nitrogens is 3. The topological polar surface area (TPSA) is 88.9 Å². The highest BCUT2D eigenvalue weighted by atomic mass is 32.2. The van der Waals surface area contributed by atoms with Gasteiger partial charge in [0.05, 0.1) is 0 Å². The van der Waals surface area contributed by atoms with Gasteiger partial charge in [0.2, 0.25) is 0 Å². The third kappa shape index (κ3) is 4.02. The number of sulfonamides is 1. The molecule has 2 aromatic rings. The second kappa shape index (κ2) is 6.68. The van der Waals surface area contributed by atoms with Crippen LogP contribution in [0.1, 0.15) is 19.0 Å². The van der Waals surface area contributed by atoms with Gasteiger partial charge in [0.25, 0.3) is 10.0 Å². The molecule has 0 spiro atoms. The summed E-state index contributed by atoms with van der Waals surface area (Å²) in [6.45, 7) is 3.61. The molecule has 0 unspecified atom stereocenters. The Morgan fingerprint density at radius 2 is 2.19 bits per heavy atom. The average molecular weight is 309 g/mol. The fourth-order valence-electron chi connectivity index (χ4n) is 1.85. The number of aryl methyl sites for hydroxylation is 1. The number of nitrogens with zero attached hydrogens (tertiary/aromatic N) is 3. The summed E-state index contributed by atoms with van der Waals surface area (Å²) in [5, 5.41) is 10.6. The van der Waals surface area contributed by atoms with E-state index in [0.29, 0.717) is 6.54 Å². The first-order valence-corrected chi connectivity index (χ1v) is 8.17. The quantitative estimate of drug-likeness (QED) is 0.748. The molecule has 0 aliphatic rings. The maximum atomic E-state index is 12.3. The summed E-state index contributed by atoms with van der Waals surface area (Å²) in [5.41, 5.74) is 0.906. The van der Waals surface area contributed by atoms with Crippen molar-refractivity contribution in [3.63, 3.8) is 0 Å². The lowest BCUT2D eigenvalue weighted by Crippen LogP contribution is -2.15. The van der Waals surface area contributed by atoms with Crippen LogP contribution in [0.3, 0.4) is 0 Å². The van der Waals surface area contributed by atoms with Gasteiger partial charge in [0.1, 0.15) is 4.90 Å². The molecule has 0 radical (unpaired) electrons. The molecule has 0 amide bonds. The molecule has 114 valence electrons. The van der Waals surface area contributed by atoms with Crippen LogP contribution >= 0.6 is 0 Å². The summed E-state index contributed by atoms with van der Waals surface area (Å²) < 4.78 is 28.8. The number of anilines is 1. The van der Waals surface area contributed by atoms with Crippen LogP contribution < -0.4 is 10.0 Å². The van der Waals surface area contributed by atoms with Gasteiger partial charge in [0, 0.05) is 31.7 Å². The lowest BCUT2D eigenvalue weighted by molar-refractivity contribution is 0.600. The van der Waals surface area contributed by atoms with Crippen molar-refractivity contribution in [3.05, 3.63) is 36.3 Å². The van der Waals surface area contributed by atoms with Crippen molar-refractivity contribution in [1.82, 2.24) is 20.1 Å². The summed E-state index contributed by atoms with van der Waals surface area (Å²) in [6.07, 6.45) is 4.10. The molecule has 7 nitrogen and oxygen atoms in total. The maximum Gasteiger partial charge on any atom is 0.264 e. The Bertz CT molecular complexity index is 682. The molecule has 0 aliphatic heterocycles. The molecule has 2 N–H and O–H groups in total. The van der Waals surface area contributed by atoms with Crippen molar-refractivity contribution in [2.75, 3.05) is 11.3 Å². The van der Waals surface area contributed by atoms with E-state index >= 15 is 0 Å². The molecule has 0 bridgehead atoms. The Labute approximate surface area is 124 Å². The van der Waals surface area contributed by atoms with Crippen molar-refractivity contribution >= 4 is 15.8 Å². The number of hydrogen-bond donors (Lipinski definition) is 2. The highest BCUT2D eigenvalue weighted by molar-refractivity contribution is 7.92. The van der Waals surface area contributed by atoms with Gasteiger partial charge in [-0.15, -0.1) is 5.10 Å². The van der Waals surface area contributed by atoms with Crippen molar-refractivity contribution in [3.8, 4) is 0 Å². The van der Waals surface area contributed by atoms with Crippen LogP contribution in [-0.2, 0) is 23.6 Å². The van der Waals surface area contributed by atoms with Crippen LogP contribution in [0.4, 0.5) is 5.82 Å². The standard InChI is InChI=1S/C13H19N5O2S/c1-3-6-14-9-11-8-12(10-18(11)2)21(19,20)17-13-5-4-7-15-16-13/h4-5,7-8,10,14H,3,6,9H2,1-2H3,(H,16,17). The molecular weight excluding hydrogens is 290 g/mol. The van der Waals surface area contributed by atoms with Crippen molar-refractivity contribution in [1.29, 1.82) is 0 Å². The van der Waals surface area contributed by atoms with Gasteiger partial charge in [-0.05, 0) is 31.2 Å². The largest absolute Gasteiger partial charge is 0.352 e. The molecule has 8 heteroatoms. The second-order valence-electron chi connectivity index (χ2n) is 4.67. The number of nitrogens with one attached hydrogen (secondary N) is 2. The van der Waals surface area contributed by atoms with E-state index in [1.54, 1.807) is 29.0 Å². The summed E-state index contributed by atoms with van der Waals surface area (Å²) in [4.78, 5) is 0.212. The van der Waals surface area contributed by atoms with E-state index in [2.05, 4.69) is 27.2 Å². The Morgan fingerprint density at radius 3 is 2.86 bits per heavy atom. The molecule has 0 fully saturated rings. The zero-order chi connectivity index (χ0) is 15.3. The molecule has 2 heterocycles. The van der Waals surface area contributed by atoms with E-state index in [9.17, 15) is 8.42 Å². The van der Waals surface area contributed by atoms with Gasteiger partial charge < -0.3 is 9.88 Å². The normalized spacial score (nSPS) is 11.5. The van der Waals surface area contributed by atoms with Gasteiger partial charge in [0.15, 0.2) is 5.82 Å². The summed E-state index contributed by atoms with van der Waals surface area (Å²) in [6, 6.07) is 4.83. The van der Waals surface area contributed by atoms with Gasteiger partial charge in [-0.25, -0.2) is 8.42 Å². The number of rotatable bonds is 7. The smallest absolute Gasteiger partial charge is 0.264 e. The molecule has 0 aromatic carbocycles. The predicted molar refractivity (Wildman–Crippen MR) is 80.3 cm³/mol. The zero-order valence-corrected chi connectivity index (χ0v) is 12.9. The highest BCUT2D eigenvalue weighted by Crippen LogP contribution is 2.16. The van der Waals surface area contributed by atoms with Crippen LogP contribution in [0.25, 0.3) is 0 Å². The van der Waals surface area contributed by atoms with E-state index < -0.39 is 10.0 Å². The van der Waals surface area contributed by atoms with Crippen LogP contribution in [0.2, 0.25) is 0 Å².